The molecule has 1 aliphatic heterocycles. The average Bonchev–Trinajstić information content (AvgIpc) is 2.59. The molecule has 3 rings (SSSR count). The van der Waals surface area contributed by atoms with Crippen molar-refractivity contribution in [2.75, 3.05) is 19.6 Å². The van der Waals surface area contributed by atoms with Gasteiger partial charge in [-0.2, -0.15) is 13.2 Å². The van der Waals surface area contributed by atoms with Crippen molar-refractivity contribution < 1.29 is 18.0 Å². The molecule has 1 aromatic carbocycles. The average molecular weight is 448 g/mol. The number of hydrogen-bond donors (Lipinski definition) is 2. The summed E-state index contributed by atoms with van der Waals surface area (Å²) < 4.78 is 41.2. The molecule has 9 heteroatoms. The van der Waals surface area contributed by atoms with Crippen molar-refractivity contribution >= 4 is 29.1 Å². The molecule has 1 fully saturated rings. The first-order chi connectivity index (χ1) is 13.5. The van der Waals surface area contributed by atoms with Crippen LogP contribution in [-0.2, 0) is 4.79 Å². The number of alkyl halides is 3. The third-order valence-corrected chi connectivity index (χ3v) is 6.06. The molecule has 0 bridgehead atoms. The summed E-state index contributed by atoms with van der Waals surface area (Å²) in [5, 5.41) is 3.65. The number of rotatable bonds is 6. The van der Waals surface area contributed by atoms with Gasteiger partial charge in [0.05, 0.1) is 5.92 Å². The molecule has 29 heavy (non-hydrogen) atoms. The van der Waals surface area contributed by atoms with E-state index in [9.17, 15) is 18.0 Å². The number of likely N-dealkylation sites (tertiary alicyclic amines) is 1. The second-order valence-electron chi connectivity index (χ2n) is 7.53. The van der Waals surface area contributed by atoms with Crippen molar-refractivity contribution in [3.63, 3.8) is 0 Å². The van der Waals surface area contributed by atoms with Gasteiger partial charge in [-0.25, -0.2) is 0 Å². The van der Waals surface area contributed by atoms with Crippen molar-refractivity contribution in [3.05, 3.63) is 57.1 Å². The van der Waals surface area contributed by atoms with Crippen molar-refractivity contribution in [2.45, 2.75) is 31.6 Å². The molecule has 1 saturated heterocycles. The number of carbonyl (C=O) groups is 1. The molecule has 3 N–H and O–H groups in total. The molecular weight excluding hydrogens is 426 g/mol. The number of nitrogens with one attached hydrogen (secondary N) is 1. The number of aryl methyl sites for hydroxylation is 1. The Hall–Kier alpha value is -1.54. The van der Waals surface area contributed by atoms with E-state index in [0.717, 1.165) is 5.57 Å². The molecule has 1 heterocycles. The van der Waals surface area contributed by atoms with Crippen LogP contribution in [0, 0.1) is 12.8 Å². The standard InChI is InChI=1S/C20H22Cl2F3N3O/c1-11-6-12(2-4-16(11)21)18(20(23,24)25)27-15-3-5-17(22)13(7-15)8-28-9-14(10-28)19(26)29/h2,4-7,14-15,18,27H,3,8-10H2,1H3,(H2,26,29)/t15?,18-/m0/s1. The molecule has 2 aliphatic rings. The summed E-state index contributed by atoms with van der Waals surface area (Å²) >= 11 is 12.2. The van der Waals surface area contributed by atoms with Crippen LogP contribution in [0.2, 0.25) is 5.02 Å². The van der Waals surface area contributed by atoms with E-state index in [-0.39, 0.29) is 17.4 Å². The fraction of sp³-hybridized carbons (Fsp3) is 0.450. The zero-order valence-corrected chi connectivity index (χ0v) is 17.3. The summed E-state index contributed by atoms with van der Waals surface area (Å²) in [6.45, 7) is 3.20. The van der Waals surface area contributed by atoms with Gasteiger partial charge in [-0.15, -0.1) is 0 Å². The van der Waals surface area contributed by atoms with E-state index in [1.54, 1.807) is 19.1 Å². The van der Waals surface area contributed by atoms with Crippen molar-refractivity contribution in [1.29, 1.82) is 0 Å². The molecule has 1 aromatic rings. The molecule has 0 saturated carbocycles. The highest BCUT2D eigenvalue weighted by Crippen LogP contribution is 2.36. The SMILES string of the molecule is Cc1cc([C@H](NC2C=C(CN3CC(C(N)=O)C3)C(Cl)=CC2)C(F)(F)F)ccc1Cl. The van der Waals surface area contributed by atoms with E-state index >= 15 is 0 Å². The second-order valence-corrected chi connectivity index (χ2v) is 8.34. The van der Waals surface area contributed by atoms with E-state index in [1.807, 2.05) is 4.90 Å². The van der Waals surface area contributed by atoms with Gasteiger partial charge in [0.1, 0.15) is 6.04 Å². The lowest BCUT2D eigenvalue weighted by molar-refractivity contribution is -0.159. The van der Waals surface area contributed by atoms with Crippen LogP contribution in [-0.4, -0.2) is 42.7 Å². The zero-order chi connectivity index (χ0) is 21.3. The van der Waals surface area contributed by atoms with Crippen LogP contribution in [0.1, 0.15) is 23.6 Å². The molecule has 158 valence electrons. The van der Waals surface area contributed by atoms with Crippen LogP contribution in [0.3, 0.4) is 0 Å². The Morgan fingerprint density at radius 2 is 2.03 bits per heavy atom. The lowest BCUT2D eigenvalue weighted by atomic mass is 9.95. The Morgan fingerprint density at radius 1 is 1.34 bits per heavy atom. The summed E-state index contributed by atoms with van der Waals surface area (Å²) in [6, 6.07) is 1.97. The number of benzene rings is 1. The van der Waals surface area contributed by atoms with E-state index in [0.29, 0.717) is 41.7 Å². The molecule has 0 radical (unpaired) electrons. The number of carbonyl (C=O) groups excluding carboxylic acids is 1. The predicted octanol–water partition coefficient (Wildman–Crippen LogP) is 4.08. The van der Waals surface area contributed by atoms with Gasteiger partial charge in [-0.05, 0) is 36.1 Å². The minimum absolute atomic E-state index is 0.113. The maximum atomic E-state index is 13.7. The molecule has 2 atom stereocenters. The van der Waals surface area contributed by atoms with Gasteiger partial charge in [0.15, 0.2) is 0 Å². The maximum absolute atomic E-state index is 13.7. The number of nitrogens with two attached hydrogens (primary N) is 1. The number of amides is 1. The third kappa shape index (κ3) is 5.34. The molecule has 0 aromatic heterocycles. The smallest absolute Gasteiger partial charge is 0.369 e. The van der Waals surface area contributed by atoms with Crippen LogP contribution >= 0.6 is 23.2 Å². The number of nitrogens with zero attached hydrogens (tertiary/aromatic N) is 1. The molecule has 1 unspecified atom stereocenters. The van der Waals surface area contributed by atoms with E-state index in [2.05, 4.69) is 5.32 Å². The van der Waals surface area contributed by atoms with E-state index in [4.69, 9.17) is 28.9 Å². The van der Waals surface area contributed by atoms with E-state index < -0.39 is 18.3 Å². The fourth-order valence-electron chi connectivity index (χ4n) is 3.56. The van der Waals surface area contributed by atoms with Gasteiger partial charge < -0.3 is 5.73 Å². The molecule has 4 nitrogen and oxygen atoms in total. The van der Waals surface area contributed by atoms with Gasteiger partial charge in [0, 0.05) is 35.7 Å². The van der Waals surface area contributed by atoms with Gasteiger partial charge in [-0.3, -0.25) is 15.0 Å². The highest BCUT2D eigenvalue weighted by molar-refractivity contribution is 6.32. The Balaban J connectivity index is 1.73. The minimum atomic E-state index is -4.47. The summed E-state index contributed by atoms with van der Waals surface area (Å²) in [4.78, 5) is 13.1. The van der Waals surface area contributed by atoms with Gasteiger partial charge in [0.2, 0.25) is 5.91 Å². The second kappa shape index (κ2) is 8.68. The lowest BCUT2D eigenvalue weighted by Crippen LogP contribution is -2.53. The monoisotopic (exact) mass is 447 g/mol. The first-order valence-corrected chi connectivity index (χ1v) is 9.97. The predicted molar refractivity (Wildman–Crippen MR) is 108 cm³/mol. The van der Waals surface area contributed by atoms with Crippen molar-refractivity contribution in [3.8, 4) is 0 Å². The summed E-state index contributed by atoms with van der Waals surface area (Å²) in [6.07, 6.45) is -0.654. The number of halogens is 5. The van der Waals surface area contributed by atoms with Crippen LogP contribution < -0.4 is 11.1 Å². The Morgan fingerprint density at radius 3 is 2.62 bits per heavy atom. The highest BCUT2D eigenvalue weighted by Gasteiger charge is 2.42. The van der Waals surface area contributed by atoms with Crippen molar-refractivity contribution in [1.82, 2.24) is 10.2 Å². The molecule has 1 amide bonds. The Kier molecular flexibility index (Phi) is 6.63. The zero-order valence-electron chi connectivity index (χ0n) is 15.8. The normalized spacial score (nSPS) is 21.9. The van der Waals surface area contributed by atoms with Gasteiger partial charge in [-0.1, -0.05) is 47.5 Å². The van der Waals surface area contributed by atoms with Crippen LogP contribution in [0.4, 0.5) is 13.2 Å². The van der Waals surface area contributed by atoms with Crippen LogP contribution in [0.15, 0.2) is 41.0 Å². The number of hydrogen-bond acceptors (Lipinski definition) is 3. The largest absolute Gasteiger partial charge is 0.407 e. The first-order valence-electron chi connectivity index (χ1n) is 9.22. The lowest BCUT2D eigenvalue weighted by Gasteiger charge is -2.38. The summed E-state index contributed by atoms with van der Waals surface area (Å²) in [7, 11) is 0. The molecule has 1 aliphatic carbocycles. The topological polar surface area (TPSA) is 58.4 Å². The maximum Gasteiger partial charge on any atom is 0.407 e. The Bertz CT molecular complexity index is 848. The number of primary amides is 1. The highest BCUT2D eigenvalue weighted by atomic mass is 35.5. The summed E-state index contributed by atoms with van der Waals surface area (Å²) in [5.41, 5.74) is 6.71. The first kappa shape index (κ1) is 22.2. The third-order valence-electron chi connectivity index (χ3n) is 5.24. The van der Waals surface area contributed by atoms with Gasteiger partial charge >= 0.3 is 6.18 Å². The van der Waals surface area contributed by atoms with E-state index in [1.165, 1.54) is 18.2 Å². The minimum Gasteiger partial charge on any atom is -0.369 e. The molecule has 0 spiro atoms. The molecular formula is C20H22Cl2F3N3O. The Labute approximate surface area is 177 Å². The fourth-order valence-corrected chi connectivity index (χ4v) is 3.89. The van der Waals surface area contributed by atoms with Gasteiger partial charge in [0.25, 0.3) is 0 Å². The summed E-state index contributed by atoms with van der Waals surface area (Å²) in [5.74, 6) is -0.523. The van der Waals surface area contributed by atoms with Crippen molar-refractivity contribution in [2.24, 2.45) is 11.7 Å². The van der Waals surface area contributed by atoms with Crippen LogP contribution in [0.5, 0.6) is 0 Å². The quantitative estimate of drug-likeness (QED) is 0.690. The van der Waals surface area contributed by atoms with Crippen LogP contribution in [0.25, 0.3) is 0 Å².